The Morgan fingerprint density at radius 3 is 2.86 bits per heavy atom. The number of amides is 1. The predicted molar refractivity (Wildman–Crippen MR) is 83.8 cm³/mol. The van der Waals surface area contributed by atoms with Crippen molar-refractivity contribution in [2.24, 2.45) is 0 Å². The standard InChI is InChI=1S/C16H20BrFN2O/c17-12-7-6-11(10-13(12)18)16(21)20-9-2-1-5-15(20)14-4-3-8-19-14/h6-7,10,14-15,19H,1-5,8-9H2. The normalized spacial score (nSPS) is 26.1. The largest absolute Gasteiger partial charge is 0.334 e. The molecule has 3 nitrogen and oxygen atoms in total. The van der Waals surface area contributed by atoms with Crippen LogP contribution in [0, 0.1) is 5.82 Å². The van der Waals surface area contributed by atoms with Gasteiger partial charge < -0.3 is 10.2 Å². The van der Waals surface area contributed by atoms with Crippen LogP contribution in [0.2, 0.25) is 0 Å². The lowest BCUT2D eigenvalue weighted by molar-refractivity contribution is 0.0563. The third kappa shape index (κ3) is 3.14. The van der Waals surface area contributed by atoms with Crippen LogP contribution in [0.1, 0.15) is 42.5 Å². The average Bonchev–Trinajstić information content (AvgIpc) is 3.03. The van der Waals surface area contributed by atoms with Gasteiger partial charge in [-0.15, -0.1) is 0 Å². The number of halogens is 2. The lowest BCUT2D eigenvalue weighted by atomic mass is 9.93. The zero-order valence-corrected chi connectivity index (χ0v) is 13.5. The fourth-order valence-electron chi connectivity index (χ4n) is 3.46. The molecule has 1 aromatic carbocycles. The smallest absolute Gasteiger partial charge is 0.254 e. The van der Waals surface area contributed by atoms with Gasteiger partial charge in [0.15, 0.2) is 0 Å². The van der Waals surface area contributed by atoms with Gasteiger partial charge in [0.25, 0.3) is 5.91 Å². The molecule has 0 radical (unpaired) electrons. The quantitative estimate of drug-likeness (QED) is 0.883. The van der Waals surface area contributed by atoms with Gasteiger partial charge in [-0.2, -0.15) is 0 Å². The summed E-state index contributed by atoms with van der Waals surface area (Å²) >= 11 is 3.13. The molecule has 0 aromatic heterocycles. The van der Waals surface area contributed by atoms with Crippen molar-refractivity contribution in [2.75, 3.05) is 13.1 Å². The molecule has 3 rings (SSSR count). The highest BCUT2D eigenvalue weighted by molar-refractivity contribution is 9.10. The van der Waals surface area contributed by atoms with E-state index in [0.29, 0.717) is 16.1 Å². The summed E-state index contributed by atoms with van der Waals surface area (Å²) in [5, 5.41) is 3.51. The highest BCUT2D eigenvalue weighted by Gasteiger charge is 2.34. The molecule has 5 heteroatoms. The van der Waals surface area contributed by atoms with E-state index in [2.05, 4.69) is 21.2 Å². The van der Waals surface area contributed by atoms with Gasteiger partial charge in [-0.25, -0.2) is 4.39 Å². The Morgan fingerprint density at radius 1 is 1.29 bits per heavy atom. The monoisotopic (exact) mass is 354 g/mol. The van der Waals surface area contributed by atoms with Gasteiger partial charge in [-0.3, -0.25) is 4.79 Å². The van der Waals surface area contributed by atoms with Crippen molar-refractivity contribution >= 4 is 21.8 Å². The summed E-state index contributed by atoms with van der Waals surface area (Å²) in [6, 6.07) is 5.29. The van der Waals surface area contributed by atoms with Gasteiger partial charge in [0, 0.05) is 24.2 Å². The van der Waals surface area contributed by atoms with Crippen molar-refractivity contribution in [3.8, 4) is 0 Å². The maximum atomic E-state index is 13.7. The van der Waals surface area contributed by atoms with E-state index in [4.69, 9.17) is 0 Å². The molecule has 1 amide bonds. The fraction of sp³-hybridized carbons (Fsp3) is 0.562. The van der Waals surface area contributed by atoms with Crippen LogP contribution in [-0.4, -0.2) is 36.0 Å². The SMILES string of the molecule is O=C(c1ccc(Br)c(F)c1)N1CCCCC1C1CCCN1. The van der Waals surface area contributed by atoms with Crippen molar-refractivity contribution in [3.05, 3.63) is 34.1 Å². The highest BCUT2D eigenvalue weighted by Crippen LogP contribution is 2.26. The van der Waals surface area contributed by atoms with E-state index in [1.54, 1.807) is 12.1 Å². The van der Waals surface area contributed by atoms with Gasteiger partial charge in [0.05, 0.1) is 4.47 Å². The Kier molecular flexibility index (Phi) is 4.60. The Bertz CT molecular complexity index is 531. The molecule has 2 unspecified atom stereocenters. The van der Waals surface area contributed by atoms with Gasteiger partial charge >= 0.3 is 0 Å². The van der Waals surface area contributed by atoms with E-state index in [-0.39, 0.29) is 17.8 Å². The number of benzene rings is 1. The van der Waals surface area contributed by atoms with Crippen LogP contribution in [0.15, 0.2) is 22.7 Å². The van der Waals surface area contributed by atoms with Crippen molar-refractivity contribution in [2.45, 2.75) is 44.2 Å². The van der Waals surface area contributed by atoms with Crippen LogP contribution >= 0.6 is 15.9 Å². The first-order valence-corrected chi connectivity index (χ1v) is 8.45. The number of nitrogens with one attached hydrogen (secondary N) is 1. The predicted octanol–water partition coefficient (Wildman–Crippen LogP) is 3.33. The van der Waals surface area contributed by atoms with E-state index >= 15 is 0 Å². The lowest BCUT2D eigenvalue weighted by Gasteiger charge is -2.39. The number of carbonyl (C=O) groups excluding carboxylic acids is 1. The number of piperidine rings is 1. The Hall–Kier alpha value is -0.940. The molecular weight excluding hydrogens is 335 g/mol. The molecule has 1 aromatic rings. The third-order valence-electron chi connectivity index (χ3n) is 4.54. The van der Waals surface area contributed by atoms with E-state index in [1.165, 1.54) is 18.9 Å². The molecule has 114 valence electrons. The van der Waals surface area contributed by atoms with Gasteiger partial charge in [0.2, 0.25) is 0 Å². The first-order valence-electron chi connectivity index (χ1n) is 7.66. The topological polar surface area (TPSA) is 32.3 Å². The number of carbonyl (C=O) groups is 1. The molecule has 1 N–H and O–H groups in total. The number of hydrogen-bond donors (Lipinski definition) is 1. The van der Waals surface area contributed by atoms with Crippen LogP contribution in [-0.2, 0) is 0 Å². The number of hydrogen-bond acceptors (Lipinski definition) is 2. The summed E-state index contributed by atoms with van der Waals surface area (Å²) < 4.78 is 14.1. The lowest BCUT2D eigenvalue weighted by Crippen LogP contribution is -2.52. The Morgan fingerprint density at radius 2 is 2.14 bits per heavy atom. The van der Waals surface area contributed by atoms with Gasteiger partial charge in [0.1, 0.15) is 5.82 Å². The zero-order chi connectivity index (χ0) is 14.8. The zero-order valence-electron chi connectivity index (χ0n) is 11.9. The maximum Gasteiger partial charge on any atom is 0.254 e. The van der Waals surface area contributed by atoms with Crippen molar-refractivity contribution in [1.82, 2.24) is 10.2 Å². The van der Waals surface area contributed by atoms with Crippen LogP contribution in [0.25, 0.3) is 0 Å². The molecule has 0 spiro atoms. The number of rotatable bonds is 2. The minimum atomic E-state index is -0.381. The van der Waals surface area contributed by atoms with E-state index in [9.17, 15) is 9.18 Å². The number of likely N-dealkylation sites (tertiary alicyclic amines) is 1. The molecule has 2 aliphatic rings. The first-order chi connectivity index (χ1) is 10.2. The van der Waals surface area contributed by atoms with Crippen molar-refractivity contribution in [1.29, 1.82) is 0 Å². The summed E-state index contributed by atoms with van der Waals surface area (Å²) in [6.07, 6.45) is 5.55. The second-order valence-electron chi connectivity index (χ2n) is 5.89. The molecule has 2 atom stereocenters. The summed E-state index contributed by atoms with van der Waals surface area (Å²) in [6.45, 7) is 1.81. The van der Waals surface area contributed by atoms with Crippen molar-refractivity contribution in [3.63, 3.8) is 0 Å². The molecule has 2 fully saturated rings. The van der Waals surface area contributed by atoms with Gasteiger partial charge in [-0.05, 0) is 72.8 Å². The second kappa shape index (κ2) is 6.44. The van der Waals surface area contributed by atoms with Gasteiger partial charge in [-0.1, -0.05) is 0 Å². The molecule has 2 heterocycles. The Labute approximate surface area is 133 Å². The van der Waals surface area contributed by atoms with Crippen LogP contribution in [0.3, 0.4) is 0 Å². The van der Waals surface area contributed by atoms with E-state index < -0.39 is 0 Å². The second-order valence-corrected chi connectivity index (χ2v) is 6.75. The molecule has 0 saturated carbocycles. The first kappa shape index (κ1) is 15.0. The molecular formula is C16H20BrFN2O. The maximum absolute atomic E-state index is 13.7. The minimum absolute atomic E-state index is 0.0419. The summed E-state index contributed by atoms with van der Waals surface area (Å²) in [5.41, 5.74) is 0.445. The minimum Gasteiger partial charge on any atom is -0.334 e. The molecule has 2 saturated heterocycles. The highest BCUT2D eigenvalue weighted by atomic mass is 79.9. The summed E-state index contributed by atoms with van der Waals surface area (Å²) in [5.74, 6) is -0.423. The van der Waals surface area contributed by atoms with Crippen LogP contribution in [0.4, 0.5) is 4.39 Å². The average molecular weight is 355 g/mol. The number of nitrogens with zero attached hydrogens (tertiary/aromatic N) is 1. The molecule has 0 aliphatic carbocycles. The molecule has 2 aliphatic heterocycles. The third-order valence-corrected chi connectivity index (χ3v) is 5.18. The van der Waals surface area contributed by atoms with E-state index in [0.717, 1.165) is 32.4 Å². The summed E-state index contributed by atoms with van der Waals surface area (Å²) in [4.78, 5) is 14.7. The van der Waals surface area contributed by atoms with E-state index in [1.807, 2.05) is 4.90 Å². The van der Waals surface area contributed by atoms with Crippen molar-refractivity contribution < 1.29 is 9.18 Å². The van der Waals surface area contributed by atoms with Crippen LogP contribution < -0.4 is 5.32 Å². The summed E-state index contributed by atoms with van der Waals surface area (Å²) in [7, 11) is 0. The molecule has 0 bridgehead atoms. The fourth-order valence-corrected chi connectivity index (χ4v) is 3.71. The Balaban J connectivity index is 1.81. The van der Waals surface area contributed by atoms with Crippen LogP contribution in [0.5, 0.6) is 0 Å². The molecule has 21 heavy (non-hydrogen) atoms.